The quantitative estimate of drug-likeness (QED) is 0.619. The van der Waals surface area contributed by atoms with Crippen molar-refractivity contribution in [2.75, 3.05) is 0 Å². The summed E-state index contributed by atoms with van der Waals surface area (Å²) in [5, 5.41) is 22.6. The summed E-state index contributed by atoms with van der Waals surface area (Å²) in [5.74, 6) is -3.20. The second kappa shape index (κ2) is 8.25. The molecule has 0 saturated heterocycles. The zero-order chi connectivity index (χ0) is 20.1. The third-order valence-corrected chi connectivity index (χ3v) is 5.18. The fourth-order valence-corrected chi connectivity index (χ4v) is 3.50. The van der Waals surface area contributed by atoms with E-state index in [0.29, 0.717) is 24.0 Å². The van der Waals surface area contributed by atoms with Crippen LogP contribution in [0.15, 0.2) is 60.7 Å². The average Bonchev–Trinajstić information content (AvgIpc) is 3.52. The zero-order valence-corrected chi connectivity index (χ0v) is 15.4. The van der Waals surface area contributed by atoms with Gasteiger partial charge in [0.2, 0.25) is 5.91 Å². The van der Waals surface area contributed by atoms with Gasteiger partial charge in [0, 0.05) is 5.92 Å². The van der Waals surface area contributed by atoms with Gasteiger partial charge in [0.15, 0.2) is 0 Å². The van der Waals surface area contributed by atoms with E-state index in [2.05, 4.69) is 5.32 Å². The Bertz CT molecular complexity index is 804. The molecule has 2 aromatic rings. The standard InChI is InChI=1S/C22H23NO5/c24-19(17-11-12-17)23-18(20(25)26)22(21(27)28,13-15-7-3-1-4-8-15)14-16-9-5-2-6-10-16/h1-10,17-18H,11-14H2,(H,23,24)(H,25,26)(H,27,28)/t18-/m1/s1. The van der Waals surface area contributed by atoms with Crippen molar-refractivity contribution in [3.8, 4) is 0 Å². The van der Waals surface area contributed by atoms with Crippen LogP contribution >= 0.6 is 0 Å². The summed E-state index contributed by atoms with van der Waals surface area (Å²) in [7, 11) is 0. The summed E-state index contributed by atoms with van der Waals surface area (Å²) >= 11 is 0. The van der Waals surface area contributed by atoms with Crippen LogP contribution in [0.4, 0.5) is 0 Å². The molecule has 1 aliphatic rings. The molecule has 0 aliphatic heterocycles. The van der Waals surface area contributed by atoms with E-state index >= 15 is 0 Å². The number of amides is 1. The van der Waals surface area contributed by atoms with Gasteiger partial charge in [0.25, 0.3) is 0 Å². The summed E-state index contributed by atoms with van der Waals surface area (Å²) < 4.78 is 0. The smallest absolute Gasteiger partial charge is 0.327 e. The molecule has 6 heteroatoms. The highest BCUT2D eigenvalue weighted by Gasteiger charge is 2.51. The molecule has 146 valence electrons. The Hall–Kier alpha value is -3.15. The predicted octanol–water partition coefficient (Wildman–Crippen LogP) is 2.52. The molecule has 3 rings (SSSR count). The molecular weight excluding hydrogens is 358 g/mol. The number of hydrogen-bond acceptors (Lipinski definition) is 3. The van der Waals surface area contributed by atoms with Gasteiger partial charge in [-0.2, -0.15) is 0 Å². The normalized spacial score (nSPS) is 14.9. The van der Waals surface area contributed by atoms with Gasteiger partial charge in [0.1, 0.15) is 11.5 Å². The van der Waals surface area contributed by atoms with Gasteiger partial charge < -0.3 is 15.5 Å². The molecule has 1 atom stereocenters. The Morgan fingerprint density at radius 2 is 1.36 bits per heavy atom. The van der Waals surface area contributed by atoms with Crippen LogP contribution in [0, 0.1) is 11.3 Å². The molecule has 28 heavy (non-hydrogen) atoms. The van der Waals surface area contributed by atoms with E-state index in [1.165, 1.54) is 0 Å². The van der Waals surface area contributed by atoms with Crippen LogP contribution in [0.3, 0.4) is 0 Å². The van der Waals surface area contributed by atoms with Gasteiger partial charge in [-0.3, -0.25) is 9.59 Å². The van der Waals surface area contributed by atoms with Crippen LogP contribution < -0.4 is 5.32 Å². The largest absolute Gasteiger partial charge is 0.481 e. The molecule has 6 nitrogen and oxygen atoms in total. The van der Waals surface area contributed by atoms with Gasteiger partial charge in [-0.1, -0.05) is 60.7 Å². The molecule has 0 heterocycles. The Morgan fingerprint density at radius 1 is 0.893 bits per heavy atom. The first-order valence-electron chi connectivity index (χ1n) is 9.27. The second-order valence-corrected chi connectivity index (χ2v) is 7.34. The fraction of sp³-hybridized carbons (Fsp3) is 0.318. The third-order valence-electron chi connectivity index (χ3n) is 5.18. The summed E-state index contributed by atoms with van der Waals surface area (Å²) in [5.41, 5.74) is -0.320. The highest BCUT2D eigenvalue weighted by atomic mass is 16.4. The minimum Gasteiger partial charge on any atom is -0.481 e. The molecule has 0 radical (unpaired) electrons. The maximum absolute atomic E-state index is 12.5. The lowest BCUT2D eigenvalue weighted by Gasteiger charge is -2.35. The SMILES string of the molecule is O=C(N[C@H](C(=O)O)C(Cc1ccccc1)(Cc1ccccc1)C(=O)O)C1CC1. The lowest BCUT2D eigenvalue weighted by atomic mass is 9.70. The Kier molecular flexibility index (Phi) is 5.78. The molecule has 3 N–H and O–H groups in total. The molecule has 1 fully saturated rings. The van der Waals surface area contributed by atoms with E-state index in [4.69, 9.17) is 0 Å². The Labute approximate surface area is 163 Å². The van der Waals surface area contributed by atoms with Crippen LogP contribution in [0.2, 0.25) is 0 Å². The second-order valence-electron chi connectivity index (χ2n) is 7.34. The van der Waals surface area contributed by atoms with Crippen molar-refractivity contribution < 1.29 is 24.6 Å². The summed E-state index contributed by atoms with van der Waals surface area (Å²) in [6.07, 6.45) is 1.38. The number of benzene rings is 2. The minimum atomic E-state index is -1.72. The van der Waals surface area contributed by atoms with E-state index in [1.54, 1.807) is 48.5 Å². The highest BCUT2D eigenvalue weighted by molar-refractivity contribution is 5.92. The molecule has 0 spiro atoms. The number of carbonyl (C=O) groups is 3. The van der Waals surface area contributed by atoms with Crippen LogP contribution in [-0.4, -0.2) is 34.1 Å². The van der Waals surface area contributed by atoms with Crippen LogP contribution in [0.5, 0.6) is 0 Å². The van der Waals surface area contributed by atoms with Crippen LogP contribution in [-0.2, 0) is 27.2 Å². The maximum Gasteiger partial charge on any atom is 0.327 e. The molecule has 0 unspecified atom stereocenters. The van der Waals surface area contributed by atoms with Crippen molar-refractivity contribution in [2.24, 2.45) is 11.3 Å². The molecule has 1 amide bonds. The highest BCUT2D eigenvalue weighted by Crippen LogP contribution is 2.35. The third kappa shape index (κ3) is 4.39. The van der Waals surface area contributed by atoms with E-state index in [1.807, 2.05) is 12.1 Å². The number of hydrogen-bond donors (Lipinski definition) is 3. The van der Waals surface area contributed by atoms with Gasteiger partial charge in [0.05, 0.1) is 0 Å². The molecular formula is C22H23NO5. The van der Waals surface area contributed by atoms with Crippen molar-refractivity contribution in [1.29, 1.82) is 0 Å². The molecule has 1 saturated carbocycles. The van der Waals surface area contributed by atoms with E-state index in [0.717, 1.165) is 0 Å². The topological polar surface area (TPSA) is 104 Å². The lowest BCUT2D eigenvalue weighted by molar-refractivity contribution is -0.160. The van der Waals surface area contributed by atoms with Gasteiger partial charge in [-0.05, 0) is 36.8 Å². The first-order chi connectivity index (χ1) is 13.4. The Balaban J connectivity index is 2.04. The number of aliphatic carboxylic acids is 2. The van der Waals surface area contributed by atoms with Gasteiger partial charge >= 0.3 is 11.9 Å². The van der Waals surface area contributed by atoms with Gasteiger partial charge in [-0.15, -0.1) is 0 Å². The fourth-order valence-electron chi connectivity index (χ4n) is 3.50. The number of carboxylic acid groups (broad SMARTS) is 2. The maximum atomic E-state index is 12.5. The average molecular weight is 381 g/mol. The first-order valence-corrected chi connectivity index (χ1v) is 9.27. The number of carboxylic acids is 2. The van der Waals surface area contributed by atoms with E-state index < -0.39 is 23.4 Å². The summed E-state index contributed by atoms with van der Waals surface area (Å²) in [6.45, 7) is 0. The minimum absolute atomic E-state index is 0.0139. The van der Waals surface area contributed by atoms with E-state index in [-0.39, 0.29) is 24.7 Å². The number of rotatable bonds is 9. The Morgan fingerprint density at radius 3 is 1.71 bits per heavy atom. The van der Waals surface area contributed by atoms with Crippen molar-refractivity contribution in [3.63, 3.8) is 0 Å². The molecule has 0 aromatic heterocycles. The van der Waals surface area contributed by atoms with Crippen LogP contribution in [0.25, 0.3) is 0 Å². The van der Waals surface area contributed by atoms with Crippen molar-refractivity contribution in [1.82, 2.24) is 5.32 Å². The number of nitrogens with one attached hydrogen (secondary N) is 1. The van der Waals surface area contributed by atoms with Crippen molar-refractivity contribution in [3.05, 3.63) is 71.8 Å². The van der Waals surface area contributed by atoms with Gasteiger partial charge in [-0.25, -0.2) is 4.79 Å². The monoisotopic (exact) mass is 381 g/mol. The molecule has 2 aromatic carbocycles. The lowest BCUT2D eigenvalue weighted by Crippen LogP contribution is -2.58. The number of carbonyl (C=O) groups excluding carboxylic acids is 1. The van der Waals surface area contributed by atoms with E-state index in [9.17, 15) is 24.6 Å². The van der Waals surface area contributed by atoms with Crippen LogP contribution in [0.1, 0.15) is 24.0 Å². The zero-order valence-electron chi connectivity index (χ0n) is 15.4. The van der Waals surface area contributed by atoms with Crippen molar-refractivity contribution >= 4 is 17.8 Å². The van der Waals surface area contributed by atoms with Crippen molar-refractivity contribution in [2.45, 2.75) is 31.7 Å². The molecule has 0 bridgehead atoms. The molecule has 1 aliphatic carbocycles. The summed E-state index contributed by atoms with van der Waals surface area (Å²) in [6, 6.07) is 16.3. The summed E-state index contributed by atoms with van der Waals surface area (Å²) in [4.78, 5) is 37.0. The first kappa shape index (κ1) is 19.6. The predicted molar refractivity (Wildman–Crippen MR) is 103 cm³/mol.